The second-order valence-electron chi connectivity index (χ2n) is 3.77. The number of aromatic carboxylic acids is 1. The van der Waals surface area contributed by atoms with Crippen molar-refractivity contribution in [1.29, 1.82) is 5.26 Å². The van der Waals surface area contributed by atoms with Crippen molar-refractivity contribution in [2.24, 2.45) is 0 Å². The average Bonchev–Trinajstić information content (AvgIpc) is 2.41. The third-order valence-corrected chi connectivity index (χ3v) is 3.38. The molecule has 2 rings (SSSR count). The van der Waals surface area contributed by atoms with Crippen LogP contribution in [0.2, 0.25) is 5.02 Å². The lowest BCUT2D eigenvalue weighted by molar-refractivity contribution is 0.0694. The van der Waals surface area contributed by atoms with Gasteiger partial charge in [0.15, 0.2) is 0 Å². The van der Waals surface area contributed by atoms with Crippen LogP contribution in [0.1, 0.15) is 15.9 Å². The Hall–Kier alpha value is -2.03. The van der Waals surface area contributed by atoms with E-state index in [1.165, 1.54) is 18.2 Å². The van der Waals surface area contributed by atoms with Crippen LogP contribution in [0, 0.1) is 11.3 Å². The maximum Gasteiger partial charge on any atom is 0.339 e. The number of hydrogen-bond donors (Lipinski definition) is 1. The van der Waals surface area contributed by atoms with E-state index in [1.54, 1.807) is 18.2 Å². The summed E-state index contributed by atoms with van der Waals surface area (Å²) in [6.07, 6.45) is 0. The summed E-state index contributed by atoms with van der Waals surface area (Å²) in [4.78, 5) is 11.2. The Bertz CT molecular complexity index is 725. The molecule has 1 N–H and O–H groups in total. The number of carboxylic acid groups (broad SMARTS) is 1. The van der Waals surface area contributed by atoms with Crippen LogP contribution in [0.15, 0.2) is 40.9 Å². The van der Waals surface area contributed by atoms with E-state index in [2.05, 4.69) is 15.9 Å². The maximum atomic E-state index is 11.2. The number of hydrogen-bond acceptors (Lipinski definition) is 3. The van der Waals surface area contributed by atoms with Crippen molar-refractivity contribution < 1.29 is 14.6 Å². The van der Waals surface area contributed by atoms with Gasteiger partial charge in [-0.05, 0) is 46.3 Å². The number of nitrogens with zero attached hydrogens (tertiary/aromatic N) is 1. The summed E-state index contributed by atoms with van der Waals surface area (Å²) in [6.45, 7) is 0. The standard InChI is InChI=1S/C14H7BrClNO3/c15-11-2-1-3-12(10(11)7-17)20-13-5-4-8(16)6-9(13)14(18)19/h1-6H,(H,18,19). The van der Waals surface area contributed by atoms with Crippen molar-refractivity contribution in [3.63, 3.8) is 0 Å². The largest absolute Gasteiger partial charge is 0.478 e. The molecule has 0 saturated heterocycles. The molecule has 20 heavy (non-hydrogen) atoms. The molecule has 0 spiro atoms. The van der Waals surface area contributed by atoms with Crippen molar-refractivity contribution >= 4 is 33.5 Å². The van der Waals surface area contributed by atoms with E-state index in [9.17, 15) is 4.79 Å². The quantitative estimate of drug-likeness (QED) is 0.885. The number of nitriles is 1. The molecule has 2 aromatic rings. The molecule has 0 unspecified atom stereocenters. The minimum Gasteiger partial charge on any atom is -0.478 e. The molecule has 0 atom stereocenters. The van der Waals surface area contributed by atoms with Crippen LogP contribution in [0.5, 0.6) is 11.5 Å². The minimum atomic E-state index is -1.16. The molecule has 0 bridgehead atoms. The Kier molecular flexibility index (Phi) is 4.28. The van der Waals surface area contributed by atoms with E-state index in [0.29, 0.717) is 15.1 Å². The summed E-state index contributed by atoms with van der Waals surface area (Å²) >= 11 is 9.01. The first kappa shape index (κ1) is 14.4. The van der Waals surface area contributed by atoms with Gasteiger partial charge in [0.05, 0.1) is 0 Å². The Morgan fingerprint density at radius 3 is 2.70 bits per heavy atom. The lowest BCUT2D eigenvalue weighted by Crippen LogP contribution is -2.00. The number of benzene rings is 2. The fourth-order valence-electron chi connectivity index (χ4n) is 1.57. The third-order valence-electron chi connectivity index (χ3n) is 2.48. The molecule has 0 aliphatic rings. The molecule has 0 radical (unpaired) electrons. The SMILES string of the molecule is N#Cc1c(Br)cccc1Oc1ccc(Cl)cc1C(=O)O. The smallest absolute Gasteiger partial charge is 0.339 e. The summed E-state index contributed by atoms with van der Waals surface area (Å²) in [5.74, 6) is -0.765. The van der Waals surface area contributed by atoms with Crippen molar-refractivity contribution in [2.45, 2.75) is 0 Å². The van der Waals surface area contributed by atoms with Gasteiger partial charge in [0.1, 0.15) is 28.7 Å². The predicted molar refractivity (Wildman–Crippen MR) is 77.3 cm³/mol. The fourth-order valence-corrected chi connectivity index (χ4v) is 2.18. The Morgan fingerprint density at radius 2 is 2.05 bits per heavy atom. The number of ether oxygens (including phenoxy) is 1. The maximum absolute atomic E-state index is 11.2. The first-order valence-corrected chi connectivity index (χ1v) is 6.59. The van der Waals surface area contributed by atoms with Crippen LogP contribution in [-0.4, -0.2) is 11.1 Å². The van der Waals surface area contributed by atoms with Gasteiger partial charge in [-0.3, -0.25) is 0 Å². The van der Waals surface area contributed by atoms with E-state index in [0.717, 1.165) is 0 Å². The summed E-state index contributed by atoms with van der Waals surface area (Å²) in [6, 6.07) is 11.2. The second kappa shape index (κ2) is 5.95. The molecule has 100 valence electrons. The number of halogens is 2. The van der Waals surface area contributed by atoms with Gasteiger partial charge in [-0.25, -0.2) is 4.79 Å². The molecule has 0 aromatic heterocycles. The lowest BCUT2D eigenvalue weighted by Gasteiger charge is -2.11. The van der Waals surface area contributed by atoms with Crippen molar-refractivity contribution in [2.75, 3.05) is 0 Å². The zero-order valence-electron chi connectivity index (χ0n) is 9.93. The van der Waals surface area contributed by atoms with Gasteiger partial charge in [0.2, 0.25) is 0 Å². The highest BCUT2D eigenvalue weighted by molar-refractivity contribution is 9.10. The molecule has 0 aliphatic carbocycles. The number of carbonyl (C=O) groups is 1. The zero-order chi connectivity index (χ0) is 14.7. The van der Waals surface area contributed by atoms with Crippen LogP contribution in [0.3, 0.4) is 0 Å². The predicted octanol–water partition coefficient (Wildman–Crippen LogP) is 4.46. The molecule has 2 aromatic carbocycles. The first-order valence-electron chi connectivity index (χ1n) is 5.42. The number of rotatable bonds is 3. The summed E-state index contributed by atoms with van der Waals surface area (Å²) in [5, 5.41) is 18.5. The van der Waals surface area contributed by atoms with E-state index in [4.69, 9.17) is 26.7 Å². The van der Waals surface area contributed by atoms with Gasteiger partial charge < -0.3 is 9.84 Å². The molecule has 0 heterocycles. The lowest BCUT2D eigenvalue weighted by atomic mass is 10.2. The monoisotopic (exact) mass is 351 g/mol. The van der Waals surface area contributed by atoms with Crippen LogP contribution in [-0.2, 0) is 0 Å². The topological polar surface area (TPSA) is 70.3 Å². The Labute approximate surface area is 128 Å². The fraction of sp³-hybridized carbons (Fsp3) is 0. The molecule has 0 aliphatic heterocycles. The van der Waals surface area contributed by atoms with Gasteiger partial charge in [-0.1, -0.05) is 17.7 Å². The Balaban J connectivity index is 2.49. The normalized spacial score (nSPS) is 9.85. The van der Waals surface area contributed by atoms with Gasteiger partial charge in [0.25, 0.3) is 0 Å². The van der Waals surface area contributed by atoms with Gasteiger partial charge in [-0.15, -0.1) is 0 Å². The van der Waals surface area contributed by atoms with Crippen molar-refractivity contribution in [3.05, 3.63) is 57.0 Å². The molecule has 0 amide bonds. The van der Waals surface area contributed by atoms with E-state index in [-0.39, 0.29) is 17.1 Å². The van der Waals surface area contributed by atoms with E-state index in [1.807, 2.05) is 6.07 Å². The molecular weight excluding hydrogens is 346 g/mol. The molecule has 0 fully saturated rings. The highest BCUT2D eigenvalue weighted by Gasteiger charge is 2.15. The second-order valence-corrected chi connectivity index (χ2v) is 5.06. The third kappa shape index (κ3) is 2.93. The molecule has 4 nitrogen and oxygen atoms in total. The van der Waals surface area contributed by atoms with Gasteiger partial charge >= 0.3 is 5.97 Å². The van der Waals surface area contributed by atoms with E-state index < -0.39 is 5.97 Å². The van der Waals surface area contributed by atoms with Crippen LogP contribution in [0.4, 0.5) is 0 Å². The Morgan fingerprint density at radius 1 is 1.30 bits per heavy atom. The van der Waals surface area contributed by atoms with Crippen LogP contribution < -0.4 is 4.74 Å². The first-order chi connectivity index (χ1) is 9.52. The van der Waals surface area contributed by atoms with Gasteiger partial charge in [0, 0.05) is 9.50 Å². The number of carboxylic acids is 1. The summed E-state index contributed by atoms with van der Waals surface area (Å²) < 4.78 is 6.11. The van der Waals surface area contributed by atoms with Crippen molar-refractivity contribution in [3.8, 4) is 17.6 Å². The highest BCUT2D eigenvalue weighted by atomic mass is 79.9. The molecular formula is C14H7BrClNO3. The molecule has 0 saturated carbocycles. The zero-order valence-corrected chi connectivity index (χ0v) is 12.3. The summed E-state index contributed by atoms with van der Waals surface area (Å²) in [5.41, 5.74) is 0.222. The van der Waals surface area contributed by atoms with E-state index >= 15 is 0 Å². The molecule has 6 heteroatoms. The summed E-state index contributed by atoms with van der Waals surface area (Å²) in [7, 11) is 0. The minimum absolute atomic E-state index is 0.0682. The average molecular weight is 353 g/mol. The van der Waals surface area contributed by atoms with Gasteiger partial charge in [-0.2, -0.15) is 5.26 Å². The highest BCUT2D eigenvalue weighted by Crippen LogP contribution is 2.32. The van der Waals surface area contributed by atoms with Crippen molar-refractivity contribution in [1.82, 2.24) is 0 Å². The van der Waals surface area contributed by atoms with Crippen LogP contribution in [0.25, 0.3) is 0 Å². The van der Waals surface area contributed by atoms with Crippen LogP contribution >= 0.6 is 27.5 Å².